The average molecular weight is 346 g/mol. The number of hydrogen-bond donors (Lipinski definition) is 1. The Labute approximate surface area is 149 Å². The van der Waals surface area contributed by atoms with Gasteiger partial charge >= 0.3 is 0 Å². The van der Waals surface area contributed by atoms with E-state index in [4.69, 9.17) is 0 Å². The minimum atomic E-state index is 0.338. The van der Waals surface area contributed by atoms with Gasteiger partial charge in [-0.3, -0.25) is 4.79 Å². The lowest BCUT2D eigenvalue weighted by Crippen LogP contribution is -2.50. The molecule has 0 radical (unpaired) electrons. The Balaban J connectivity index is 1.24. The standard InChI is InChI=1S/C18H30N6O/c25-17(23-10-12-24(13-11-23)18-19-14-20-21-18)7-6-15-4-3-9-22-8-2-1-5-16(15)22/h14-16H,1-13H2,(H,19,20,21)/t15-,16+/m0/s1. The van der Waals surface area contributed by atoms with Crippen LogP contribution in [0.3, 0.4) is 0 Å². The van der Waals surface area contributed by atoms with Gasteiger partial charge in [-0.25, -0.2) is 5.10 Å². The molecule has 3 saturated heterocycles. The molecule has 0 unspecified atom stereocenters. The van der Waals surface area contributed by atoms with Crippen LogP contribution in [0.2, 0.25) is 0 Å². The van der Waals surface area contributed by atoms with Crippen LogP contribution >= 0.6 is 0 Å². The molecule has 7 nitrogen and oxygen atoms in total. The fraction of sp³-hybridized carbons (Fsp3) is 0.833. The van der Waals surface area contributed by atoms with E-state index in [0.29, 0.717) is 5.91 Å². The number of piperazine rings is 1. The maximum absolute atomic E-state index is 12.7. The Kier molecular flexibility index (Phi) is 5.20. The van der Waals surface area contributed by atoms with Gasteiger partial charge in [-0.15, -0.1) is 0 Å². The largest absolute Gasteiger partial charge is 0.339 e. The van der Waals surface area contributed by atoms with Crippen molar-refractivity contribution in [2.45, 2.75) is 51.0 Å². The van der Waals surface area contributed by atoms with E-state index in [9.17, 15) is 4.79 Å². The van der Waals surface area contributed by atoms with Crippen LogP contribution in [0.4, 0.5) is 5.95 Å². The summed E-state index contributed by atoms with van der Waals surface area (Å²) in [5, 5.41) is 6.81. The Bertz CT molecular complexity index is 552. The van der Waals surface area contributed by atoms with Crippen LogP contribution in [0.25, 0.3) is 0 Å². The van der Waals surface area contributed by atoms with Gasteiger partial charge in [0.15, 0.2) is 0 Å². The molecule has 0 bridgehead atoms. The van der Waals surface area contributed by atoms with Gasteiger partial charge in [0.25, 0.3) is 0 Å². The molecule has 1 aromatic heterocycles. The van der Waals surface area contributed by atoms with E-state index >= 15 is 0 Å². The number of nitrogens with zero attached hydrogens (tertiary/aromatic N) is 5. The summed E-state index contributed by atoms with van der Waals surface area (Å²) in [7, 11) is 0. The van der Waals surface area contributed by atoms with E-state index < -0.39 is 0 Å². The highest BCUT2D eigenvalue weighted by Crippen LogP contribution is 2.33. The van der Waals surface area contributed by atoms with E-state index in [-0.39, 0.29) is 0 Å². The zero-order chi connectivity index (χ0) is 17.1. The lowest BCUT2D eigenvalue weighted by molar-refractivity contribution is -0.132. The Morgan fingerprint density at radius 3 is 2.72 bits per heavy atom. The summed E-state index contributed by atoms with van der Waals surface area (Å²) in [6.07, 6.45) is 10.0. The molecule has 1 aromatic rings. The zero-order valence-electron chi connectivity index (χ0n) is 15.1. The fourth-order valence-corrected chi connectivity index (χ4v) is 4.90. The van der Waals surface area contributed by atoms with Crippen molar-refractivity contribution in [3.05, 3.63) is 6.33 Å². The van der Waals surface area contributed by atoms with Crippen molar-refractivity contribution in [3.8, 4) is 0 Å². The van der Waals surface area contributed by atoms with Crippen LogP contribution in [0.5, 0.6) is 0 Å². The van der Waals surface area contributed by atoms with Gasteiger partial charge in [0, 0.05) is 38.6 Å². The summed E-state index contributed by atoms with van der Waals surface area (Å²) in [5.74, 6) is 1.88. The van der Waals surface area contributed by atoms with Gasteiger partial charge in [0.1, 0.15) is 6.33 Å². The number of aromatic nitrogens is 3. The van der Waals surface area contributed by atoms with Gasteiger partial charge in [0.2, 0.25) is 11.9 Å². The number of aromatic amines is 1. The highest BCUT2D eigenvalue weighted by molar-refractivity contribution is 5.76. The number of nitrogens with one attached hydrogen (secondary N) is 1. The second kappa shape index (κ2) is 7.72. The molecule has 4 rings (SSSR count). The van der Waals surface area contributed by atoms with Crippen LogP contribution in [-0.2, 0) is 4.79 Å². The number of anilines is 1. The number of amides is 1. The molecule has 0 saturated carbocycles. The first-order valence-corrected chi connectivity index (χ1v) is 9.93. The molecule has 2 atom stereocenters. The molecule has 0 aliphatic carbocycles. The lowest BCUT2D eigenvalue weighted by atomic mass is 9.81. The van der Waals surface area contributed by atoms with Gasteiger partial charge < -0.3 is 14.7 Å². The van der Waals surface area contributed by atoms with Crippen molar-refractivity contribution in [1.82, 2.24) is 25.0 Å². The van der Waals surface area contributed by atoms with Crippen LogP contribution in [0, 0.1) is 5.92 Å². The summed E-state index contributed by atoms with van der Waals surface area (Å²) < 4.78 is 0. The van der Waals surface area contributed by atoms with Crippen LogP contribution < -0.4 is 4.90 Å². The predicted molar refractivity (Wildman–Crippen MR) is 96.3 cm³/mol. The lowest BCUT2D eigenvalue weighted by Gasteiger charge is -2.44. The summed E-state index contributed by atoms with van der Waals surface area (Å²) in [6.45, 7) is 5.80. The zero-order valence-corrected chi connectivity index (χ0v) is 15.1. The molecule has 7 heteroatoms. The van der Waals surface area contributed by atoms with Gasteiger partial charge in [0.05, 0.1) is 0 Å². The smallest absolute Gasteiger partial charge is 0.222 e. The van der Waals surface area contributed by atoms with Crippen molar-refractivity contribution in [3.63, 3.8) is 0 Å². The van der Waals surface area contributed by atoms with E-state index in [0.717, 1.165) is 56.9 Å². The Hall–Kier alpha value is -1.63. The molecule has 3 fully saturated rings. The van der Waals surface area contributed by atoms with Crippen molar-refractivity contribution >= 4 is 11.9 Å². The maximum atomic E-state index is 12.7. The molecule has 138 valence electrons. The maximum Gasteiger partial charge on any atom is 0.222 e. The molecule has 0 spiro atoms. The molecule has 25 heavy (non-hydrogen) atoms. The normalized spacial score (nSPS) is 28.0. The average Bonchev–Trinajstić information content (AvgIpc) is 3.21. The number of hydrogen-bond acceptors (Lipinski definition) is 5. The van der Waals surface area contributed by atoms with Crippen molar-refractivity contribution in [2.24, 2.45) is 5.92 Å². The highest BCUT2D eigenvalue weighted by Gasteiger charge is 2.33. The quantitative estimate of drug-likeness (QED) is 0.895. The van der Waals surface area contributed by atoms with E-state index in [1.807, 2.05) is 4.90 Å². The van der Waals surface area contributed by atoms with Crippen LogP contribution in [0.15, 0.2) is 6.33 Å². The number of fused-ring (bicyclic) bond motifs is 1. The predicted octanol–water partition coefficient (Wildman–Crippen LogP) is 1.50. The minimum absolute atomic E-state index is 0.338. The van der Waals surface area contributed by atoms with Crippen LogP contribution in [-0.4, -0.2) is 76.2 Å². The second-order valence-electron chi connectivity index (χ2n) is 7.72. The topological polar surface area (TPSA) is 68.4 Å². The van der Waals surface area contributed by atoms with E-state index in [2.05, 4.69) is 25.0 Å². The number of carbonyl (C=O) groups is 1. The first-order valence-electron chi connectivity index (χ1n) is 9.93. The van der Waals surface area contributed by atoms with Crippen molar-refractivity contribution in [1.29, 1.82) is 0 Å². The Morgan fingerprint density at radius 1 is 1.08 bits per heavy atom. The number of rotatable bonds is 4. The third kappa shape index (κ3) is 3.81. The molecule has 0 aromatic carbocycles. The fourth-order valence-electron chi connectivity index (χ4n) is 4.90. The van der Waals surface area contributed by atoms with Crippen molar-refractivity contribution < 1.29 is 4.79 Å². The number of piperidine rings is 2. The molecular formula is C18H30N6O. The first kappa shape index (κ1) is 16.8. The highest BCUT2D eigenvalue weighted by atomic mass is 16.2. The van der Waals surface area contributed by atoms with Crippen LogP contribution in [0.1, 0.15) is 44.9 Å². The van der Waals surface area contributed by atoms with E-state index in [1.165, 1.54) is 51.5 Å². The third-order valence-electron chi connectivity index (χ3n) is 6.29. The third-order valence-corrected chi connectivity index (χ3v) is 6.29. The number of H-pyrrole nitrogens is 1. The molecule has 3 aliphatic heterocycles. The van der Waals surface area contributed by atoms with Gasteiger partial charge in [-0.2, -0.15) is 10.1 Å². The SMILES string of the molecule is O=C(CC[C@@H]1CCCN2CCCC[C@H]12)N1CCN(c2ncn[nH]2)CC1. The second-order valence-corrected chi connectivity index (χ2v) is 7.72. The van der Waals surface area contributed by atoms with Gasteiger partial charge in [-0.1, -0.05) is 6.42 Å². The summed E-state index contributed by atoms with van der Waals surface area (Å²) >= 11 is 0. The molecule has 1 N–H and O–H groups in total. The Morgan fingerprint density at radius 2 is 1.92 bits per heavy atom. The molecule has 1 amide bonds. The minimum Gasteiger partial charge on any atom is -0.339 e. The monoisotopic (exact) mass is 346 g/mol. The summed E-state index contributed by atoms with van der Waals surface area (Å²) in [6, 6.07) is 0.749. The summed E-state index contributed by atoms with van der Waals surface area (Å²) in [5.41, 5.74) is 0. The number of carbonyl (C=O) groups excluding carboxylic acids is 1. The molecular weight excluding hydrogens is 316 g/mol. The first-order chi connectivity index (χ1) is 12.3. The molecule has 3 aliphatic rings. The van der Waals surface area contributed by atoms with E-state index in [1.54, 1.807) is 0 Å². The van der Waals surface area contributed by atoms with Crippen molar-refractivity contribution in [2.75, 3.05) is 44.2 Å². The van der Waals surface area contributed by atoms with Gasteiger partial charge in [-0.05, 0) is 51.1 Å². The summed E-state index contributed by atoms with van der Waals surface area (Å²) in [4.78, 5) is 23.7. The molecule has 4 heterocycles.